The van der Waals surface area contributed by atoms with E-state index >= 15 is 0 Å². The van der Waals surface area contributed by atoms with Crippen molar-refractivity contribution >= 4 is 23.4 Å². The molecule has 0 saturated heterocycles. The molecule has 3 aromatic carbocycles. The molecule has 0 unspecified atom stereocenters. The van der Waals surface area contributed by atoms with Crippen molar-refractivity contribution in [2.75, 3.05) is 0 Å². The fourth-order valence-corrected chi connectivity index (χ4v) is 3.64. The Balaban J connectivity index is 1.93. The van der Waals surface area contributed by atoms with Crippen LogP contribution in [0.15, 0.2) is 84.9 Å². The van der Waals surface area contributed by atoms with Gasteiger partial charge in [0.25, 0.3) is 0 Å². The number of amides is 2. The summed E-state index contributed by atoms with van der Waals surface area (Å²) < 4.78 is 0. The molecular weight excluding hydrogens is 408 g/mol. The van der Waals surface area contributed by atoms with E-state index in [1.807, 2.05) is 92.7 Å². The predicted octanol–water partition coefficient (Wildman–Crippen LogP) is 5.38. The first-order valence-electron chi connectivity index (χ1n) is 10.4. The summed E-state index contributed by atoms with van der Waals surface area (Å²) in [7, 11) is 0. The Hall–Kier alpha value is -3.11. The number of halogens is 1. The number of nitrogens with one attached hydrogen (secondary N) is 1. The molecule has 0 aromatic heterocycles. The lowest BCUT2D eigenvalue weighted by molar-refractivity contribution is -0.144. The van der Waals surface area contributed by atoms with E-state index in [0.717, 1.165) is 16.7 Å². The number of carbonyl (C=O) groups is 2. The fourth-order valence-electron chi connectivity index (χ4n) is 3.44. The van der Waals surface area contributed by atoms with Crippen molar-refractivity contribution in [3.63, 3.8) is 0 Å². The van der Waals surface area contributed by atoms with Gasteiger partial charge in [-0.05, 0) is 22.8 Å². The number of hydrogen-bond donors (Lipinski definition) is 1. The molecule has 0 saturated carbocycles. The highest BCUT2D eigenvalue weighted by Crippen LogP contribution is 2.26. The quantitative estimate of drug-likeness (QED) is 0.517. The van der Waals surface area contributed by atoms with Crippen molar-refractivity contribution in [3.8, 4) is 0 Å². The summed E-state index contributed by atoms with van der Waals surface area (Å²) >= 11 is 6.25. The highest BCUT2D eigenvalue weighted by Gasteiger charge is 2.32. The molecule has 160 valence electrons. The summed E-state index contributed by atoms with van der Waals surface area (Å²) in [6.07, 6.45) is 0. The number of carbonyl (C=O) groups excluding carboxylic acids is 2. The summed E-state index contributed by atoms with van der Waals surface area (Å²) in [6, 6.07) is 25.8. The fraction of sp³-hybridized carbons (Fsp3) is 0.231. The van der Waals surface area contributed by atoms with Gasteiger partial charge in [0.2, 0.25) is 11.8 Å². The summed E-state index contributed by atoms with van der Waals surface area (Å²) in [6.45, 7) is 4.34. The topological polar surface area (TPSA) is 49.4 Å². The van der Waals surface area contributed by atoms with Gasteiger partial charge in [-0.1, -0.05) is 104 Å². The van der Waals surface area contributed by atoms with Crippen molar-refractivity contribution in [1.82, 2.24) is 10.2 Å². The first-order valence-corrected chi connectivity index (χ1v) is 10.8. The second-order valence-corrected chi connectivity index (χ2v) is 8.14. The molecular formula is C26H27ClN2O2. The van der Waals surface area contributed by atoms with Gasteiger partial charge in [0.15, 0.2) is 0 Å². The third-order valence-electron chi connectivity index (χ3n) is 5.06. The smallest absolute Gasteiger partial charge is 0.247 e. The van der Waals surface area contributed by atoms with Crippen molar-refractivity contribution in [2.24, 2.45) is 5.92 Å². The Morgan fingerprint density at radius 2 is 1.45 bits per heavy atom. The van der Waals surface area contributed by atoms with E-state index < -0.39 is 6.04 Å². The molecule has 0 heterocycles. The molecule has 0 aliphatic rings. The standard InChI is InChI=1S/C26H27ClN2O2/c1-19(2)26(31)29(18-20-11-5-3-6-12-20)24(21-13-7-4-8-14-21)25(30)28-17-22-15-9-10-16-23(22)27/h3-16,19,24H,17-18H2,1-2H3,(H,28,30)/t24-/m1/s1. The third-order valence-corrected chi connectivity index (χ3v) is 5.43. The normalized spacial score (nSPS) is 11.7. The van der Waals surface area contributed by atoms with E-state index in [2.05, 4.69) is 5.32 Å². The Kier molecular flexibility index (Phi) is 7.85. The molecule has 1 atom stereocenters. The van der Waals surface area contributed by atoms with Crippen molar-refractivity contribution in [2.45, 2.75) is 33.0 Å². The molecule has 0 bridgehead atoms. The maximum Gasteiger partial charge on any atom is 0.247 e. The molecule has 3 rings (SSSR count). The van der Waals surface area contributed by atoms with E-state index in [1.54, 1.807) is 11.0 Å². The number of rotatable bonds is 8. The lowest BCUT2D eigenvalue weighted by Crippen LogP contribution is -2.44. The lowest BCUT2D eigenvalue weighted by atomic mass is 10.0. The first-order chi connectivity index (χ1) is 15.0. The van der Waals surface area contributed by atoms with Gasteiger partial charge >= 0.3 is 0 Å². The zero-order valence-electron chi connectivity index (χ0n) is 17.8. The van der Waals surface area contributed by atoms with E-state index in [0.29, 0.717) is 11.6 Å². The maximum absolute atomic E-state index is 13.4. The van der Waals surface area contributed by atoms with Crippen LogP contribution < -0.4 is 5.32 Å². The minimum atomic E-state index is -0.751. The molecule has 4 nitrogen and oxygen atoms in total. The molecule has 0 aliphatic carbocycles. The monoisotopic (exact) mass is 434 g/mol. The summed E-state index contributed by atoms with van der Waals surface area (Å²) in [4.78, 5) is 28.3. The van der Waals surface area contributed by atoms with Gasteiger partial charge in [0.05, 0.1) is 0 Å². The van der Waals surface area contributed by atoms with E-state index in [1.165, 1.54) is 0 Å². The molecule has 0 radical (unpaired) electrons. The summed E-state index contributed by atoms with van der Waals surface area (Å²) in [5.41, 5.74) is 2.56. The zero-order chi connectivity index (χ0) is 22.2. The minimum Gasteiger partial charge on any atom is -0.350 e. The van der Waals surface area contributed by atoms with Gasteiger partial charge in [0.1, 0.15) is 6.04 Å². The van der Waals surface area contributed by atoms with Crippen LogP contribution >= 0.6 is 11.6 Å². The molecule has 31 heavy (non-hydrogen) atoms. The van der Waals surface area contributed by atoms with E-state index in [4.69, 9.17) is 11.6 Å². The highest BCUT2D eigenvalue weighted by atomic mass is 35.5. The Morgan fingerprint density at radius 1 is 0.871 bits per heavy atom. The van der Waals surface area contributed by atoms with Crippen LogP contribution in [0.4, 0.5) is 0 Å². The Labute approximate surface area is 188 Å². The Bertz CT molecular complexity index is 1010. The van der Waals surface area contributed by atoms with Crippen LogP contribution in [0.2, 0.25) is 5.02 Å². The third kappa shape index (κ3) is 5.96. The average molecular weight is 435 g/mol. The summed E-state index contributed by atoms with van der Waals surface area (Å²) in [5.74, 6) is -0.562. The predicted molar refractivity (Wildman–Crippen MR) is 124 cm³/mol. The Morgan fingerprint density at radius 3 is 2.06 bits per heavy atom. The van der Waals surface area contributed by atoms with Gasteiger partial charge in [-0.2, -0.15) is 0 Å². The van der Waals surface area contributed by atoms with Crippen molar-refractivity contribution < 1.29 is 9.59 Å². The van der Waals surface area contributed by atoms with Crippen molar-refractivity contribution in [3.05, 3.63) is 107 Å². The molecule has 2 amide bonds. The number of hydrogen-bond acceptors (Lipinski definition) is 2. The van der Waals surface area contributed by atoms with Crippen LogP contribution in [0.3, 0.4) is 0 Å². The largest absolute Gasteiger partial charge is 0.350 e. The van der Waals surface area contributed by atoms with E-state index in [-0.39, 0.29) is 24.3 Å². The van der Waals surface area contributed by atoms with E-state index in [9.17, 15) is 9.59 Å². The van der Waals surface area contributed by atoms with Gasteiger partial charge < -0.3 is 10.2 Å². The van der Waals surface area contributed by atoms with Crippen LogP contribution in [0.1, 0.15) is 36.6 Å². The molecule has 3 aromatic rings. The van der Waals surface area contributed by atoms with Crippen LogP contribution in [0, 0.1) is 5.92 Å². The first kappa shape index (κ1) is 22.6. The lowest BCUT2D eigenvalue weighted by Gasteiger charge is -2.33. The molecule has 0 spiro atoms. The highest BCUT2D eigenvalue weighted by molar-refractivity contribution is 6.31. The van der Waals surface area contributed by atoms with Gasteiger partial charge in [0, 0.05) is 24.0 Å². The second-order valence-electron chi connectivity index (χ2n) is 7.73. The van der Waals surface area contributed by atoms with Crippen LogP contribution in [0.25, 0.3) is 0 Å². The second kappa shape index (κ2) is 10.8. The van der Waals surface area contributed by atoms with Crippen LogP contribution in [-0.2, 0) is 22.7 Å². The molecule has 0 aliphatic heterocycles. The number of nitrogens with zero attached hydrogens (tertiary/aromatic N) is 1. The minimum absolute atomic E-state index is 0.0781. The van der Waals surface area contributed by atoms with Crippen LogP contribution in [-0.4, -0.2) is 16.7 Å². The van der Waals surface area contributed by atoms with Crippen LogP contribution in [0.5, 0.6) is 0 Å². The zero-order valence-corrected chi connectivity index (χ0v) is 18.5. The molecule has 0 fully saturated rings. The molecule has 1 N–H and O–H groups in total. The summed E-state index contributed by atoms with van der Waals surface area (Å²) in [5, 5.41) is 3.58. The maximum atomic E-state index is 13.4. The van der Waals surface area contributed by atoms with Gasteiger partial charge in [-0.15, -0.1) is 0 Å². The van der Waals surface area contributed by atoms with Gasteiger partial charge in [-0.3, -0.25) is 9.59 Å². The molecule has 5 heteroatoms. The SMILES string of the molecule is CC(C)C(=O)N(Cc1ccccc1)[C@@H](C(=O)NCc1ccccc1Cl)c1ccccc1. The number of benzene rings is 3. The average Bonchev–Trinajstić information content (AvgIpc) is 2.79. The van der Waals surface area contributed by atoms with Gasteiger partial charge in [-0.25, -0.2) is 0 Å². The van der Waals surface area contributed by atoms with Crippen molar-refractivity contribution in [1.29, 1.82) is 0 Å².